The molecule has 0 spiro atoms. The Morgan fingerprint density at radius 3 is 2.82 bits per heavy atom. The van der Waals surface area contributed by atoms with Gasteiger partial charge in [0.1, 0.15) is 0 Å². The molecule has 5 atom stereocenters. The lowest BCUT2D eigenvalue weighted by Gasteiger charge is -2.39. The molecule has 1 aromatic carbocycles. The molecule has 0 amide bonds. The molecule has 0 aliphatic heterocycles. The summed E-state index contributed by atoms with van der Waals surface area (Å²) in [6.45, 7) is 0. The number of allylic oxidation sites excluding steroid dienone is 2. The SMILES string of the molecule is CO[C@@H]1c2ccccc2C[C@H]2[C@@H]1[C@@H]1C=C[C@H]2C1. The molecule has 1 saturated carbocycles. The molecule has 2 bridgehead atoms. The van der Waals surface area contributed by atoms with Crippen molar-refractivity contribution < 1.29 is 4.74 Å². The van der Waals surface area contributed by atoms with Gasteiger partial charge in [0, 0.05) is 7.11 Å². The van der Waals surface area contributed by atoms with Gasteiger partial charge in [-0.2, -0.15) is 0 Å². The Kier molecular flexibility index (Phi) is 2.01. The summed E-state index contributed by atoms with van der Waals surface area (Å²) in [5.41, 5.74) is 2.96. The number of rotatable bonds is 1. The maximum atomic E-state index is 5.85. The molecule has 0 radical (unpaired) electrons. The van der Waals surface area contributed by atoms with Crippen LogP contribution in [0.15, 0.2) is 36.4 Å². The quantitative estimate of drug-likeness (QED) is 0.667. The second-order valence-corrected chi connectivity index (χ2v) is 5.75. The van der Waals surface area contributed by atoms with Crippen LogP contribution in [0.5, 0.6) is 0 Å². The van der Waals surface area contributed by atoms with Gasteiger partial charge >= 0.3 is 0 Å². The van der Waals surface area contributed by atoms with E-state index < -0.39 is 0 Å². The van der Waals surface area contributed by atoms with E-state index in [2.05, 4.69) is 36.4 Å². The second kappa shape index (κ2) is 3.46. The molecule has 1 nitrogen and oxygen atoms in total. The molecule has 0 unspecified atom stereocenters. The number of methoxy groups -OCH3 is 1. The first-order valence-corrected chi connectivity index (χ1v) is 6.67. The summed E-state index contributed by atoms with van der Waals surface area (Å²) < 4.78 is 5.85. The van der Waals surface area contributed by atoms with Gasteiger partial charge in [0.15, 0.2) is 0 Å². The lowest BCUT2D eigenvalue weighted by Crippen LogP contribution is -2.33. The van der Waals surface area contributed by atoms with Crippen LogP contribution in [0.3, 0.4) is 0 Å². The molecule has 3 aliphatic rings. The fourth-order valence-electron chi connectivity index (χ4n) is 4.44. The van der Waals surface area contributed by atoms with Crippen molar-refractivity contribution in [2.75, 3.05) is 7.11 Å². The van der Waals surface area contributed by atoms with Gasteiger partial charge in [-0.3, -0.25) is 0 Å². The fourth-order valence-corrected chi connectivity index (χ4v) is 4.44. The molecule has 1 fully saturated rings. The van der Waals surface area contributed by atoms with E-state index in [0.717, 1.165) is 23.7 Å². The maximum absolute atomic E-state index is 5.85. The zero-order chi connectivity index (χ0) is 11.4. The number of hydrogen-bond donors (Lipinski definition) is 0. The molecule has 0 aromatic heterocycles. The normalized spacial score (nSPS) is 41.4. The second-order valence-electron chi connectivity index (χ2n) is 5.75. The Morgan fingerprint density at radius 2 is 1.94 bits per heavy atom. The minimum atomic E-state index is 0.324. The van der Waals surface area contributed by atoms with Crippen molar-refractivity contribution in [2.45, 2.75) is 18.9 Å². The smallest absolute Gasteiger partial charge is 0.0860 e. The van der Waals surface area contributed by atoms with E-state index in [0.29, 0.717) is 6.10 Å². The van der Waals surface area contributed by atoms with Crippen LogP contribution >= 0.6 is 0 Å². The minimum Gasteiger partial charge on any atom is -0.376 e. The summed E-state index contributed by atoms with van der Waals surface area (Å²) in [5.74, 6) is 3.13. The van der Waals surface area contributed by atoms with E-state index in [-0.39, 0.29) is 0 Å². The first kappa shape index (κ1) is 9.90. The van der Waals surface area contributed by atoms with Crippen LogP contribution in [0, 0.1) is 23.7 Å². The van der Waals surface area contributed by atoms with Crippen molar-refractivity contribution in [1.82, 2.24) is 0 Å². The monoisotopic (exact) mass is 226 g/mol. The van der Waals surface area contributed by atoms with Crippen molar-refractivity contribution in [3.63, 3.8) is 0 Å². The topological polar surface area (TPSA) is 9.23 Å². The van der Waals surface area contributed by atoms with Crippen LogP contribution in [0.25, 0.3) is 0 Å². The van der Waals surface area contributed by atoms with Crippen LogP contribution in [0.2, 0.25) is 0 Å². The van der Waals surface area contributed by atoms with E-state index in [1.165, 1.54) is 24.0 Å². The first-order chi connectivity index (χ1) is 8.38. The van der Waals surface area contributed by atoms with Crippen molar-refractivity contribution >= 4 is 0 Å². The largest absolute Gasteiger partial charge is 0.376 e. The summed E-state index contributed by atoms with van der Waals surface area (Å²) in [5, 5.41) is 0. The molecule has 0 saturated heterocycles. The Hall–Kier alpha value is -1.08. The molecule has 0 heterocycles. The van der Waals surface area contributed by atoms with Crippen LogP contribution in [-0.2, 0) is 11.2 Å². The molecule has 1 heteroatoms. The summed E-state index contributed by atoms with van der Waals surface area (Å²) >= 11 is 0. The number of fused-ring (bicyclic) bond motifs is 6. The Labute approximate surface area is 102 Å². The van der Waals surface area contributed by atoms with Gasteiger partial charge in [-0.05, 0) is 47.6 Å². The molecular weight excluding hydrogens is 208 g/mol. The molecule has 17 heavy (non-hydrogen) atoms. The molecule has 4 rings (SSSR count). The molecular formula is C16H18O. The average Bonchev–Trinajstić information content (AvgIpc) is 2.97. The van der Waals surface area contributed by atoms with Crippen molar-refractivity contribution in [1.29, 1.82) is 0 Å². The van der Waals surface area contributed by atoms with Gasteiger partial charge in [-0.25, -0.2) is 0 Å². The zero-order valence-corrected chi connectivity index (χ0v) is 10.2. The highest BCUT2D eigenvalue weighted by Gasteiger charge is 2.50. The van der Waals surface area contributed by atoms with Crippen LogP contribution in [0.1, 0.15) is 23.7 Å². The Morgan fingerprint density at radius 1 is 1.12 bits per heavy atom. The lowest BCUT2D eigenvalue weighted by molar-refractivity contribution is 0.00982. The Bertz CT molecular complexity index is 476. The number of hydrogen-bond acceptors (Lipinski definition) is 1. The molecule has 0 N–H and O–H groups in total. The van der Waals surface area contributed by atoms with Crippen LogP contribution in [0.4, 0.5) is 0 Å². The van der Waals surface area contributed by atoms with Gasteiger partial charge in [-0.1, -0.05) is 36.4 Å². The van der Waals surface area contributed by atoms with Gasteiger partial charge in [0.2, 0.25) is 0 Å². The highest BCUT2D eigenvalue weighted by atomic mass is 16.5. The minimum absolute atomic E-state index is 0.324. The summed E-state index contributed by atoms with van der Waals surface area (Å²) in [7, 11) is 1.87. The maximum Gasteiger partial charge on any atom is 0.0860 e. The molecule has 1 aromatic rings. The van der Waals surface area contributed by atoms with Gasteiger partial charge in [-0.15, -0.1) is 0 Å². The summed E-state index contributed by atoms with van der Waals surface area (Å²) in [6.07, 6.45) is 7.83. The third-order valence-corrected chi connectivity index (χ3v) is 5.11. The van der Waals surface area contributed by atoms with Crippen molar-refractivity contribution in [2.24, 2.45) is 23.7 Å². The molecule has 88 valence electrons. The van der Waals surface area contributed by atoms with Crippen LogP contribution in [-0.4, -0.2) is 7.11 Å². The van der Waals surface area contributed by atoms with Gasteiger partial charge < -0.3 is 4.74 Å². The predicted molar refractivity (Wildman–Crippen MR) is 67.6 cm³/mol. The third-order valence-electron chi connectivity index (χ3n) is 5.11. The summed E-state index contributed by atoms with van der Waals surface area (Å²) in [4.78, 5) is 0. The van der Waals surface area contributed by atoms with Crippen molar-refractivity contribution in [3.8, 4) is 0 Å². The van der Waals surface area contributed by atoms with Gasteiger partial charge in [0.05, 0.1) is 6.10 Å². The Balaban J connectivity index is 1.83. The van der Waals surface area contributed by atoms with Gasteiger partial charge in [0.25, 0.3) is 0 Å². The standard InChI is InChI=1S/C16H18O/c1-17-16-13-5-3-2-4-10(13)9-14-11-6-7-12(8-11)15(14)16/h2-7,11-12,14-16H,8-9H2,1H3/t11-,12+,14+,15-,16+/m0/s1. The molecule has 3 aliphatic carbocycles. The fraction of sp³-hybridized carbons (Fsp3) is 0.500. The van der Waals surface area contributed by atoms with Crippen molar-refractivity contribution in [3.05, 3.63) is 47.5 Å². The highest BCUT2D eigenvalue weighted by molar-refractivity contribution is 5.36. The van der Waals surface area contributed by atoms with E-state index in [9.17, 15) is 0 Å². The number of ether oxygens (including phenoxy) is 1. The lowest BCUT2D eigenvalue weighted by atomic mass is 9.69. The van der Waals surface area contributed by atoms with Crippen LogP contribution < -0.4 is 0 Å². The van der Waals surface area contributed by atoms with E-state index in [4.69, 9.17) is 4.74 Å². The van der Waals surface area contributed by atoms with E-state index in [1.807, 2.05) is 7.11 Å². The third kappa shape index (κ3) is 1.23. The summed E-state index contributed by atoms with van der Waals surface area (Å²) in [6, 6.07) is 8.85. The number of benzene rings is 1. The zero-order valence-electron chi connectivity index (χ0n) is 10.2. The average molecular weight is 226 g/mol. The highest BCUT2D eigenvalue weighted by Crippen LogP contribution is 2.57. The van der Waals surface area contributed by atoms with E-state index >= 15 is 0 Å². The first-order valence-electron chi connectivity index (χ1n) is 6.67. The van der Waals surface area contributed by atoms with E-state index in [1.54, 1.807) is 0 Å². The predicted octanol–water partition coefficient (Wildman–Crippen LogP) is 3.37.